The minimum atomic E-state index is -0.0628. The van der Waals surface area contributed by atoms with Crippen molar-refractivity contribution in [2.24, 2.45) is 5.92 Å². The molecule has 0 bridgehead atoms. The molecule has 96 valence electrons. The van der Waals surface area contributed by atoms with Gasteiger partial charge in [-0.1, -0.05) is 12.2 Å². The van der Waals surface area contributed by atoms with Crippen LogP contribution in [-0.4, -0.2) is 50.2 Å². The second kappa shape index (κ2) is 6.17. The highest BCUT2D eigenvalue weighted by molar-refractivity contribution is 5.76. The van der Waals surface area contributed by atoms with Gasteiger partial charge in [0.15, 0.2) is 0 Å². The summed E-state index contributed by atoms with van der Waals surface area (Å²) in [6.45, 7) is 3.83. The van der Waals surface area contributed by atoms with Crippen LogP contribution in [-0.2, 0) is 9.53 Å². The Morgan fingerprint density at radius 2 is 2.18 bits per heavy atom. The van der Waals surface area contributed by atoms with E-state index in [1.807, 2.05) is 0 Å². The number of hydrogen-bond donors (Lipinski definition) is 1. The van der Waals surface area contributed by atoms with Crippen LogP contribution in [0.2, 0.25) is 0 Å². The highest BCUT2D eigenvalue weighted by Gasteiger charge is 2.34. The molecule has 4 heteroatoms. The number of carbonyl (C=O) groups is 1. The first-order valence-corrected chi connectivity index (χ1v) is 6.50. The first-order chi connectivity index (χ1) is 8.33. The van der Waals surface area contributed by atoms with Gasteiger partial charge in [-0.15, -0.1) is 0 Å². The molecular weight excluding hydrogens is 216 g/mol. The maximum atomic E-state index is 12.0. The van der Waals surface area contributed by atoms with Crippen LogP contribution in [0.1, 0.15) is 19.3 Å². The quantitative estimate of drug-likeness (QED) is 0.583. The minimum absolute atomic E-state index is 0.0490. The van der Waals surface area contributed by atoms with Gasteiger partial charge in [0.1, 0.15) is 6.04 Å². The summed E-state index contributed by atoms with van der Waals surface area (Å²) in [5, 5.41) is 3.32. The van der Waals surface area contributed by atoms with Gasteiger partial charge in [-0.2, -0.15) is 0 Å². The lowest BCUT2D eigenvalue weighted by atomic mass is 9.86. The first-order valence-electron chi connectivity index (χ1n) is 6.50. The van der Waals surface area contributed by atoms with E-state index in [1.165, 1.54) is 7.11 Å². The third-order valence-electron chi connectivity index (χ3n) is 3.74. The Morgan fingerprint density at radius 1 is 1.41 bits per heavy atom. The van der Waals surface area contributed by atoms with Crippen molar-refractivity contribution in [1.82, 2.24) is 10.2 Å². The molecule has 0 amide bonds. The van der Waals surface area contributed by atoms with Crippen LogP contribution >= 0.6 is 0 Å². The Balaban J connectivity index is 2.06. The molecule has 1 fully saturated rings. The molecule has 1 N–H and O–H groups in total. The van der Waals surface area contributed by atoms with Crippen molar-refractivity contribution in [2.75, 3.05) is 33.3 Å². The highest BCUT2D eigenvalue weighted by Crippen LogP contribution is 2.26. The smallest absolute Gasteiger partial charge is 0.323 e. The summed E-state index contributed by atoms with van der Waals surface area (Å²) in [6, 6.07) is -0.0490. The fourth-order valence-corrected chi connectivity index (χ4v) is 2.82. The second-order valence-corrected chi connectivity index (χ2v) is 4.80. The van der Waals surface area contributed by atoms with E-state index in [2.05, 4.69) is 22.4 Å². The van der Waals surface area contributed by atoms with Crippen molar-refractivity contribution in [1.29, 1.82) is 0 Å². The summed E-state index contributed by atoms with van der Waals surface area (Å²) < 4.78 is 4.99. The topological polar surface area (TPSA) is 41.6 Å². The predicted octanol–water partition coefficient (Wildman–Crippen LogP) is 0.789. The number of methoxy groups -OCH3 is 1. The number of ether oxygens (including phenoxy) is 1. The molecule has 2 unspecified atom stereocenters. The van der Waals surface area contributed by atoms with E-state index in [4.69, 9.17) is 4.74 Å². The van der Waals surface area contributed by atoms with Gasteiger partial charge in [0.25, 0.3) is 0 Å². The average molecular weight is 238 g/mol. The third-order valence-corrected chi connectivity index (χ3v) is 3.74. The van der Waals surface area contributed by atoms with Crippen molar-refractivity contribution in [2.45, 2.75) is 25.3 Å². The second-order valence-electron chi connectivity index (χ2n) is 4.80. The molecular formula is C13H22N2O2. The van der Waals surface area contributed by atoms with E-state index in [0.29, 0.717) is 5.92 Å². The van der Waals surface area contributed by atoms with Gasteiger partial charge < -0.3 is 10.1 Å². The SMILES string of the molecule is COC(=O)C(C1CC=CCC1)N1CCNCC1. The standard InChI is InChI=1S/C13H22N2O2/c1-17-13(16)12(11-5-3-2-4-6-11)15-9-7-14-8-10-15/h2-3,11-12,14H,4-10H2,1H3. The van der Waals surface area contributed by atoms with E-state index >= 15 is 0 Å². The molecule has 0 aromatic rings. The summed E-state index contributed by atoms with van der Waals surface area (Å²) in [7, 11) is 1.50. The molecule has 0 radical (unpaired) electrons. The summed E-state index contributed by atoms with van der Waals surface area (Å²) in [5.74, 6) is 0.359. The van der Waals surface area contributed by atoms with Crippen LogP contribution in [0.5, 0.6) is 0 Å². The van der Waals surface area contributed by atoms with Crippen molar-refractivity contribution in [3.8, 4) is 0 Å². The molecule has 0 spiro atoms. The van der Waals surface area contributed by atoms with Crippen LogP contribution in [0.3, 0.4) is 0 Å². The molecule has 2 aliphatic rings. The van der Waals surface area contributed by atoms with Gasteiger partial charge in [0.05, 0.1) is 7.11 Å². The molecule has 0 saturated carbocycles. The first kappa shape index (κ1) is 12.6. The number of nitrogens with one attached hydrogen (secondary N) is 1. The normalized spacial score (nSPS) is 27.7. The molecule has 1 saturated heterocycles. The number of piperazine rings is 1. The van der Waals surface area contributed by atoms with Gasteiger partial charge in [-0.25, -0.2) is 0 Å². The Morgan fingerprint density at radius 3 is 2.76 bits per heavy atom. The van der Waals surface area contributed by atoms with Gasteiger partial charge in [-0.3, -0.25) is 9.69 Å². The molecule has 17 heavy (non-hydrogen) atoms. The van der Waals surface area contributed by atoms with Gasteiger partial charge in [0.2, 0.25) is 0 Å². The number of allylic oxidation sites excluding steroid dienone is 2. The lowest BCUT2D eigenvalue weighted by Gasteiger charge is -2.38. The molecule has 2 rings (SSSR count). The minimum Gasteiger partial charge on any atom is -0.468 e. The fraction of sp³-hybridized carbons (Fsp3) is 0.769. The monoisotopic (exact) mass is 238 g/mol. The fourth-order valence-electron chi connectivity index (χ4n) is 2.82. The Labute approximate surface area is 103 Å². The van der Waals surface area contributed by atoms with Crippen molar-refractivity contribution in [3.05, 3.63) is 12.2 Å². The Bertz CT molecular complexity index is 285. The number of carbonyl (C=O) groups excluding carboxylic acids is 1. The van der Waals surface area contributed by atoms with E-state index in [0.717, 1.165) is 45.4 Å². The summed E-state index contributed by atoms with van der Waals surface area (Å²) >= 11 is 0. The van der Waals surface area contributed by atoms with Crippen LogP contribution in [0.4, 0.5) is 0 Å². The predicted molar refractivity (Wildman–Crippen MR) is 66.7 cm³/mol. The number of nitrogens with zero attached hydrogens (tertiary/aromatic N) is 1. The lowest BCUT2D eigenvalue weighted by molar-refractivity contribution is -0.149. The molecule has 1 heterocycles. The van der Waals surface area contributed by atoms with Gasteiger partial charge in [-0.05, 0) is 25.2 Å². The summed E-state index contributed by atoms with van der Waals surface area (Å²) in [5.41, 5.74) is 0. The maximum Gasteiger partial charge on any atom is 0.323 e. The van der Waals surface area contributed by atoms with Crippen molar-refractivity contribution < 1.29 is 9.53 Å². The van der Waals surface area contributed by atoms with Crippen LogP contribution in [0, 0.1) is 5.92 Å². The number of hydrogen-bond acceptors (Lipinski definition) is 4. The zero-order chi connectivity index (χ0) is 12.1. The van der Waals surface area contributed by atoms with Gasteiger partial charge >= 0.3 is 5.97 Å². The molecule has 4 nitrogen and oxygen atoms in total. The maximum absolute atomic E-state index is 12.0. The molecule has 0 aromatic carbocycles. The van der Waals surface area contributed by atoms with Crippen LogP contribution < -0.4 is 5.32 Å². The Kier molecular flexibility index (Phi) is 4.57. The third kappa shape index (κ3) is 3.07. The zero-order valence-corrected chi connectivity index (χ0v) is 10.5. The lowest BCUT2D eigenvalue weighted by Crippen LogP contribution is -2.54. The summed E-state index contributed by atoms with van der Waals surface area (Å²) in [6.07, 6.45) is 7.60. The zero-order valence-electron chi connectivity index (χ0n) is 10.5. The Hall–Kier alpha value is -0.870. The van der Waals surface area contributed by atoms with Crippen LogP contribution in [0.25, 0.3) is 0 Å². The average Bonchev–Trinajstić information content (AvgIpc) is 2.41. The van der Waals surface area contributed by atoms with E-state index in [9.17, 15) is 4.79 Å². The van der Waals surface area contributed by atoms with E-state index < -0.39 is 0 Å². The van der Waals surface area contributed by atoms with Crippen LogP contribution in [0.15, 0.2) is 12.2 Å². The molecule has 1 aliphatic heterocycles. The number of rotatable bonds is 3. The summed E-state index contributed by atoms with van der Waals surface area (Å²) in [4.78, 5) is 14.3. The van der Waals surface area contributed by atoms with E-state index in [-0.39, 0.29) is 12.0 Å². The molecule has 0 aromatic heterocycles. The van der Waals surface area contributed by atoms with Gasteiger partial charge in [0, 0.05) is 26.2 Å². The molecule has 2 atom stereocenters. The van der Waals surface area contributed by atoms with E-state index in [1.54, 1.807) is 0 Å². The van der Waals surface area contributed by atoms with Crippen molar-refractivity contribution >= 4 is 5.97 Å². The highest BCUT2D eigenvalue weighted by atomic mass is 16.5. The largest absolute Gasteiger partial charge is 0.468 e. The number of esters is 1. The molecule has 1 aliphatic carbocycles. The van der Waals surface area contributed by atoms with Crippen molar-refractivity contribution in [3.63, 3.8) is 0 Å².